The molecule has 0 amide bonds. The first kappa shape index (κ1) is 6.09. The van der Waals surface area contributed by atoms with Crippen LogP contribution < -0.4 is 0 Å². The van der Waals surface area contributed by atoms with Gasteiger partial charge in [-0.3, -0.25) is 0 Å². The van der Waals surface area contributed by atoms with Crippen LogP contribution in [0.15, 0.2) is 0 Å². The van der Waals surface area contributed by atoms with Crippen LogP contribution in [0.25, 0.3) is 0 Å². The Morgan fingerprint density at radius 1 is 1.38 bits per heavy atom. The quantitative estimate of drug-likeness (QED) is 0.529. The Morgan fingerprint density at radius 2 is 2.00 bits per heavy atom. The number of ether oxygens (including phenoxy) is 1. The van der Waals surface area contributed by atoms with Crippen molar-refractivity contribution >= 4 is 0 Å². The lowest BCUT2D eigenvalue weighted by Crippen LogP contribution is -1.94. The van der Waals surface area contributed by atoms with Crippen molar-refractivity contribution in [1.29, 1.82) is 0 Å². The van der Waals surface area contributed by atoms with Crippen LogP contribution in [0.5, 0.6) is 0 Å². The average Bonchev–Trinajstić information content (AvgIpc) is 2.19. The Bertz CT molecular complexity index is 55.4. The minimum absolute atomic E-state index is 0.639. The van der Waals surface area contributed by atoms with Crippen LogP contribution in [0.4, 0.5) is 0 Å². The van der Waals surface area contributed by atoms with E-state index >= 15 is 0 Å². The molecule has 0 aliphatic heterocycles. The SMILES string of the molecule is CO[C]C1CCCC1. The molecule has 0 atom stereocenters. The van der Waals surface area contributed by atoms with E-state index in [1.54, 1.807) is 7.11 Å². The molecule has 46 valence electrons. The van der Waals surface area contributed by atoms with Crippen LogP contribution in [0.1, 0.15) is 25.7 Å². The number of hydrogen-bond donors (Lipinski definition) is 0. The van der Waals surface area contributed by atoms with Crippen molar-refractivity contribution in [1.82, 2.24) is 0 Å². The van der Waals surface area contributed by atoms with Gasteiger partial charge in [-0.15, -0.1) is 0 Å². The average molecular weight is 112 g/mol. The van der Waals surface area contributed by atoms with Crippen LogP contribution in [0.3, 0.4) is 0 Å². The molecule has 0 saturated heterocycles. The number of rotatable bonds is 2. The maximum absolute atomic E-state index is 4.78. The fourth-order valence-electron chi connectivity index (χ4n) is 1.21. The zero-order chi connectivity index (χ0) is 5.82. The van der Waals surface area contributed by atoms with E-state index in [0.29, 0.717) is 5.92 Å². The van der Waals surface area contributed by atoms with Gasteiger partial charge in [0.1, 0.15) is 6.61 Å². The highest BCUT2D eigenvalue weighted by atomic mass is 16.5. The molecule has 0 heterocycles. The van der Waals surface area contributed by atoms with Gasteiger partial charge in [0.25, 0.3) is 0 Å². The summed E-state index contributed by atoms with van der Waals surface area (Å²) in [5.41, 5.74) is 0. The van der Waals surface area contributed by atoms with E-state index in [0.717, 1.165) is 0 Å². The molecule has 2 radical (unpaired) electrons. The van der Waals surface area contributed by atoms with Crippen LogP contribution in [0, 0.1) is 12.5 Å². The van der Waals surface area contributed by atoms with Gasteiger partial charge in [-0.25, -0.2) is 0 Å². The molecule has 0 aromatic heterocycles. The molecule has 0 bridgehead atoms. The van der Waals surface area contributed by atoms with Crippen LogP contribution in [0.2, 0.25) is 0 Å². The molecule has 8 heavy (non-hydrogen) atoms. The van der Waals surface area contributed by atoms with Gasteiger partial charge in [0.15, 0.2) is 0 Å². The van der Waals surface area contributed by atoms with E-state index in [9.17, 15) is 0 Å². The van der Waals surface area contributed by atoms with Gasteiger partial charge in [0, 0.05) is 7.11 Å². The van der Waals surface area contributed by atoms with Crippen molar-refractivity contribution in [2.75, 3.05) is 7.11 Å². The Balaban J connectivity index is 2.06. The number of methoxy groups -OCH3 is 1. The summed E-state index contributed by atoms with van der Waals surface area (Å²) >= 11 is 0. The molecule has 0 spiro atoms. The largest absolute Gasteiger partial charge is 0.372 e. The lowest BCUT2D eigenvalue weighted by atomic mass is 10.1. The molecule has 0 aromatic rings. The predicted octanol–water partition coefficient (Wildman–Crippen LogP) is 1.86. The van der Waals surface area contributed by atoms with Crippen molar-refractivity contribution in [3.05, 3.63) is 6.61 Å². The molecule has 1 aliphatic carbocycles. The summed E-state index contributed by atoms with van der Waals surface area (Å²) in [5.74, 6) is 0.639. The molecule has 1 saturated carbocycles. The highest BCUT2D eigenvalue weighted by Crippen LogP contribution is 2.26. The summed E-state index contributed by atoms with van der Waals surface area (Å²) in [5, 5.41) is 0. The lowest BCUT2D eigenvalue weighted by Gasteiger charge is -2.01. The van der Waals surface area contributed by atoms with E-state index in [-0.39, 0.29) is 0 Å². The third-order valence-corrected chi connectivity index (χ3v) is 1.64. The van der Waals surface area contributed by atoms with Crippen LogP contribution >= 0.6 is 0 Å². The molecular formula is C7H12O. The minimum atomic E-state index is 0.639. The summed E-state index contributed by atoms with van der Waals surface area (Å²) in [4.78, 5) is 0. The second kappa shape index (κ2) is 3.08. The van der Waals surface area contributed by atoms with E-state index in [1.807, 2.05) is 0 Å². The maximum atomic E-state index is 4.78. The van der Waals surface area contributed by atoms with Crippen molar-refractivity contribution in [2.45, 2.75) is 25.7 Å². The minimum Gasteiger partial charge on any atom is -0.372 e. The zero-order valence-corrected chi connectivity index (χ0v) is 5.31. The molecule has 1 aliphatic rings. The topological polar surface area (TPSA) is 9.23 Å². The van der Waals surface area contributed by atoms with Gasteiger partial charge in [0.05, 0.1) is 0 Å². The van der Waals surface area contributed by atoms with Crippen molar-refractivity contribution < 1.29 is 4.74 Å². The molecule has 1 fully saturated rings. The van der Waals surface area contributed by atoms with Gasteiger partial charge >= 0.3 is 0 Å². The summed E-state index contributed by atoms with van der Waals surface area (Å²) in [6.07, 6.45) is 5.30. The first-order valence-corrected chi connectivity index (χ1v) is 3.22. The van der Waals surface area contributed by atoms with Gasteiger partial charge in [0.2, 0.25) is 0 Å². The Kier molecular flexibility index (Phi) is 2.34. The first-order valence-electron chi connectivity index (χ1n) is 3.22. The summed E-state index contributed by atoms with van der Waals surface area (Å²) in [6, 6.07) is 0. The molecule has 1 rings (SSSR count). The third-order valence-electron chi connectivity index (χ3n) is 1.64. The van der Waals surface area contributed by atoms with Crippen molar-refractivity contribution in [3.8, 4) is 0 Å². The molecule has 0 aromatic carbocycles. The predicted molar refractivity (Wildman–Crippen MR) is 32.2 cm³/mol. The standard InChI is InChI=1S/C7H12O/c1-8-6-7-4-2-3-5-7/h7H,2-5H2,1H3. The molecule has 1 heteroatoms. The van der Waals surface area contributed by atoms with Gasteiger partial charge in [-0.2, -0.15) is 0 Å². The molecular weight excluding hydrogens is 100 g/mol. The van der Waals surface area contributed by atoms with E-state index in [1.165, 1.54) is 25.7 Å². The molecule has 0 N–H and O–H groups in total. The second-order valence-electron chi connectivity index (χ2n) is 2.30. The van der Waals surface area contributed by atoms with Gasteiger partial charge in [-0.05, 0) is 18.8 Å². The Labute approximate surface area is 51.0 Å². The smallest absolute Gasteiger partial charge is 0.135 e. The van der Waals surface area contributed by atoms with Crippen molar-refractivity contribution in [3.63, 3.8) is 0 Å². The van der Waals surface area contributed by atoms with Gasteiger partial charge in [-0.1, -0.05) is 12.8 Å². The lowest BCUT2D eigenvalue weighted by molar-refractivity contribution is 0.229. The van der Waals surface area contributed by atoms with E-state index in [2.05, 4.69) is 6.61 Å². The van der Waals surface area contributed by atoms with Crippen molar-refractivity contribution in [2.24, 2.45) is 5.92 Å². The summed E-state index contributed by atoms with van der Waals surface area (Å²) in [6.45, 7) is 2.94. The highest BCUT2D eigenvalue weighted by Gasteiger charge is 2.14. The Morgan fingerprint density at radius 3 is 2.50 bits per heavy atom. The third kappa shape index (κ3) is 1.48. The normalized spacial score (nSPS) is 22.1. The molecule has 1 nitrogen and oxygen atoms in total. The Hall–Kier alpha value is -0.0400. The fraction of sp³-hybridized carbons (Fsp3) is 0.857. The summed E-state index contributed by atoms with van der Waals surface area (Å²) < 4.78 is 4.78. The molecule has 0 unspecified atom stereocenters. The zero-order valence-electron chi connectivity index (χ0n) is 5.31. The van der Waals surface area contributed by atoms with E-state index in [4.69, 9.17) is 4.74 Å². The fourth-order valence-corrected chi connectivity index (χ4v) is 1.21. The maximum Gasteiger partial charge on any atom is 0.135 e. The first-order chi connectivity index (χ1) is 3.93. The van der Waals surface area contributed by atoms with Crippen LogP contribution in [-0.2, 0) is 4.74 Å². The monoisotopic (exact) mass is 112 g/mol. The highest BCUT2D eigenvalue weighted by molar-refractivity contribution is 4.73. The van der Waals surface area contributed by atoms with Gasteiger partial charge < -0.3 is 4.74 Å². The van der Waals surface area contributed by atoms with E-state index < -0.39 is 0 Å². The van der Waals surface area contributed by atoms with Crippen LogP contribution in [-0.4, -0.2) is 7.11 Å². The summed E-state index contributed by atoms with van der Waals surface area (Å²) in [7, 11) is 1.68. The second-order valence-corrected chi connectivity index (χ2v) is 2.30. The number of hydrogen-bond acceptors (Lipinski definition) is 1.